The fraction of sp³-hybridized carbons (Fsp3) is 0.143. The molecule has 0 radical (unpaired) electrons. The Morgan fingerprint density at radius 1 is 1.55 bits per heavy atom. The lowest BCUT2D eigenvalue weighted by molar-refractivity contribution is 0.484. The maximum atomic E-state index is 12.0. The van der Waals surface area contributed by atoms with Gasteiger partial charge in [0.15, 0.2) is 0 Å². The number of hydrogen-bond donors (Lipinski definition) is 0. The van der Waals surface area contributed by atoms with E-state index in [-0.39, 0.29) is 4.90 Å². The molecular weight excluding hydrogens is 167 g/mol. The molecule has 2 nitrogen and oxygen atoms in total. The SMILES string of the molecule is O=S([O-])c1cccc(CF)c1. The van der Waals surface area contributed by atoms with Crippen LogP contribution in [0.5, 0.6) is 0 Å². The molecule has 0 aromatic heterocycles. The van der Waals surface area contributed by atoms with Crippen LogP contribution in [0.1, 0.15) is 5.56 Å². The Balaban J connectivity index is 3.01. The molecule has 11 heavy (non-hydrogen) atoms. The van der Waals surface area contributed by atoms with Gasteiger partial charge in [0.1, 0.15) is 6.67 Å². The first-order chi connectivity index (χ1) is 5.24. The molecule has 1 aromatic rings. The minimum Gasteiger partial charge on any atom is -0.768 e. The zero-order chi connectivity index (χ0) is 8.27. The second kappa shape index (κ2) is 3.59. The van der Waals surface area contributed by atoms with Crippen LogP contribution in [0, 0.1) is 0 Å². The average Bonchev–Trinajstić information content (AvgIpc) is 2.05. The largest absolute Gasteiger partial charge is 0.768 e. The van der Waals surface area contributed by atoms with Crippen molar-refractivity contribution in [2.45, 2.75) is 11.6 Å². The molecule has 0 aliphatic carbocycles. The summed E-state index contributed by atoms with van der Waals surface area (Å²) >= 11 is -2.26. The van der Waals surface area contributed by atoms with Crippen molar-refractivity contribution in [3.63, 3.8) is 0 Å². The van der Waals surface area contributed by atoms with Gasteiger partial charge in [0, 0.05) is 4.90 Å². The van der Waals surface area contributed by atoms with Gasteiger partial charge in [-0.25, -0.2) is 4.39 Å². The lowest BCUT2D eigenvalue weighted by atomic mass is 10.2. The lowest BCUT2D eigenvalue weighted by Crippen LogP contribution is -1.89. The first-order valence-electron chi connectivity index (χ1n) is 2.98. The Labute approximate surface area is 66.3 Å². The highest BCUT2D eigenvalue weighted by Gasteiger charge is 1.94. The van der Waals surface area contributed by atoms with Gasteiger partial charge in [-0.05, 0) is 28.8 Å². The van der Waals surface area contributed by atoms with Gasteiger partial charge in [-0.1, -0.05) is 12.1 Å². The summed E-state index contributed by atoms with van der Waals surface area (Å²) in [5.41, 5.74) is 0.381. The molecule has 0 aliphatic heterocycles. The van der Waals surface area contributed by atoms with E-state index in [1.54, 1.807) is 0 Å². The molecule has 0 N–H and O–H groups in total. The second-order valence-corrected chi connectivity index (χ2v) is 2.96. The van der Waals surface area contributed by atoms with Crippen molar-refractivity contribution in [2.75, 3.05) is 0 Å². The molecule has 0 amide bonds. The maximum Gasteiger partial charge on any atom is 0.115 e. The van der Waals surface area contributed by atoms with E-state index in [0.717, 1.165) is 0 Å². The average molecular weight is 173 g/mol. The molecule has 0 aliphatic rings. The number of rotatable bonds is 2. The van der Waals surface area contributed by atoms with Gasteiger partial charge in [0.05, 0.1) is 0 Å². The molecule has 0 fully saturated rings. The summed E-state index contributed by atoms with van der Waals surface area (Å²) in [6.07, 6.45) is 0. The summed E-state index contributed by atoms with van der Waals surface area (Å²) in [4.78, 5) is 0.125. The molecule has 0 saturated heterocycles. The minimum absolute atomic E-state index is 0.125. The topological polar surface area (TPSA) is 40.1 Å². The maximum absolute atomic E-state index is 12.0. The quantitative estimate of drug-likeness (QED) is 0.634. The van der Waals surface area contributed by atoms with Gasteiger partial charge in [-0.3, -0.25) is 4.21 Å². The van der Waals surface area contributed by atoms with E-state index in [1.165, 1.54) is 24.3 Å². The van der Waals surface area contributed by atoms with Gasteiger partial charge >= 0.3 is 0 Å². The van der Waals surface area contributed by atoms with Gasteiger partial charge in [0.25, 0.3) is 0 Å². The van der Waals surface area contributed by atoms with Crippen LogP contribution in [0.4, 0.5) is 4.39 Å². The number of benzene rings is 1. The Hall–Kier alpha value is -0.740. The molecular formula is C7H6FO2S-. The van der Waals surface area contributed by atoms with Crippen molar-refractivity contribution >= 4 is 11.1 Å². The number of alkyl halides is 1. The molecule has 4 heteroatoms. The zero-order valence-corrected chi connectivity index (χ0v) is 6.44. The van der Waals surface area contributed by atoms with Crippen molar-refractivity contribution in [3.05, 3.63) is 29.8 Å². The monoisotopic (exact) mass is 173 g/mol. The number of halogens is 1. The molecule has 60 valence electrons. The van der Waals surface area contributed by atoms with E-state index in [2.05, 4.69) is 0 Å². The molecule has 1 atom stereocenters. The smallest absolute Gasteiger partial charge is 0.115 e. The fourth-order valence-electron chi connectivity index (χ4n) is 0.732. The van der Waals surface area contributed by atoms with Crippen LogP contribution >= 0.6 is 0 Å². The predicted octanol–water partition coefficient (Wildman–Crippen LogP) is 1.39. The molecule has 0 bridgehead atoms. The van der Waals surface area contributed by atoms with Crippen LogP contribution < -0.4 is 0 Å². The summed E-state index contributed by atoms with van der Waals surface area (Å²) in [5, 5.41) is 0. The molecule has 1 unspecified atom stereocenters. The van der Waals surface area contributed by atoms with Crippen LogP contribution in [0.15, 0.2) is 29.2 Å². The summed E-state index contributed by atoms with van der Waals surface area (Å²) in [6.45, 7) is -0.634. The predicted molar refractivity (Wildman–Crippen MR) is 38.4 cm³/mol. The molecule has 0 saturated carbocycles. The van der Waals surface area contributed by atoms with Crippen LogP contribution in [-0.4, -0.2) is 8.76 Å². The molecule has 0 heterocycles. The first-order valence-corrected chi connectivity index (χ1v) is 4.05. The molecule has 0 spiro atoms. The summed E-state index contributed by atoms with van der Waals surface area (Å²) in [6, 6.07) is 5.78. The van der Waals surface area contributed by atoms with Crippen molar-refractivity contribution in [2.24, 2.45) is 0 Å². The zero-order valence-electron chi connectivity index (χ0n) is 5.62. The van der Waals surface area contributed by atoms with Crippen molar-refractivity contribution < 1.29 is 13.2 Å². The standard InChI is InChI=1S/C7H7FO2S/c8-5-6-2-1-3-7(4-6)11(9)10/h1-4H,5H2,(H,9,10)/p-1. The fourth-order valence-corrected chi connectivity index (χ4v) is 1.17. The van der Waals surface area contributed by atoms with E-state index >= 15 is 0 Å². The van der Waals surface area contributed by atoms with Gasteiger partial charge < -0.3 is 4.55 Å². The third kappa shape index (κ3) is 2.10. The highest BCUT2D eigenvalue weighted by Crippen LogP contribution is 2.08. The lowest BCUT2D eigenvalue weighted by Gasteiger charge is -2.04. The Bertz CT molecular complexity index is 275. The normalized spacial score (nSPS) is 12.9. The second-order valence-electron chi connectivity index (χ2n) is 2.02. The van der Waals surface area contributed by atoms with Crippen LogP contribution in [0.25, 0.3) is 0 Å². The summed E-state index contributed by atoms with van der Waals surface area (Å²) in [5.74, 6) is 0. The van der Waals surface area contributed by atoms with E-state index in [0.29, 0.717) is 5.56 Å². The highest BCUT2D eigenvalue weighted by molar-refractivity contribution is 7.79. The minimum atomic E-state index is -2.26. The third-order valence-electron chi connectivity index (χ3n) is 1.25. The summed E-state index contributed by atoms with van der Waals surface area (Å²) in [7, 11) is 0. The Morgan fingerprint density at radius 3 is 2.82 bits per heavy atom. The summed E-state index contributed by atoms with van der Waals surface area (Å²) < 4.78 is 32.7. The van der Waals surface area contributed by atoms with Crippen molar-refractivity contribution in [1.29, 1.82) is 0 Å². The van der Waals surface area contributed by atoms with Gasteiger partial charge in [-0.15, -0.1) is 0 Å². The molecule has 1 aromatic carbocycles. The van der Waals surface area contributed by atoms with Crippen molar-refractivity contribution in [1.82, 2.24) is 0 Å². The van der Waals surface area contributed by atoms with Crippen LogP contribution in [0.2, 0.25) is 0 Å². The Morgan fingerprint density at radius 2 is 2.27 bits per heavy atom. The highest BCUT2D eigenvalue weighted by atomic mass is 32.2. The van der Waals surface area contributed by atoms with E-state index in [1.807, 2.05) is 0 Å². The van der Waals surface area contributed by atoms with Crippen molar-refractivity contribution in [3.8, 4) is 0 Å². The van der Waals surface area contributed by atoms with Gasteiger partial charge in [-0.2, -0.15) is 0 Å². The third-order valence-corrected chi connectivity index (χ3v) is 1.88. The van der Waals surface area contributed by atoms with Crippen LogP contribution in [0.3, 0.4) is 0 Å². The number of hydrogen-bond acceptors (Lipinski definition) is 2. The first kappa shape index (κ1) is 8.36. The van der Waals surface area contributed by atoms with Gasteiger partial charge in [0.2, 0.25) is 0 Å². The van der Waals surface area contributed by atoms with E-state index in [9.17, 15) is 13.2 Å². The molecule has 1 rings (SSSR count). The Kier molecular flexibility index (Phi) is 2.73. The van der Waals surface area contributed by atoms with Crippen LogP contribution in [-0.2, 0) is 17.8 Å². The van der Waals surface area contributed by atoms with E-state index in [4.69, 9.17) is 0 Å². The van der Waals surface area contributed by atoms with E-state index < -0.39 is 17.8 Å².